The second-order valence-electron chi connectivity index (χ2n) is 7.83. The van der Waals surface area contributed by atoms with Gasteiger partial charge in [0, 0.05) is 38.9 Å². The van der Waals surface area contributed by atoms with Crippen LogP contribution in [0.25, 0.3) is 11.0 Å². The molecule has 7 nitrogen and oxygen atoms in total. The molecule has 1 aromatic carbocycles. The van der Waals surface area contributed by atoms with E-state index in [-0.39, 0.29) is 16.8 Å². The number of carbonyl (C=O) groups is 1. The molecular weight excluding hydrogens is 420 g/mol. The van der Waals surface area contributed by atoms with Crippen LogP contribution in [0.4, 0.5) is 0 Å². The van der Waals surface area contributed by atoms with Gasteiger partial charge in [-0.05, 0) is 35.6 Å². The Kier molecular flexibility index (Phi) is 6.64. The first kappa shape index (κ1) is 22.5. The van der Waals surface area contributed by atoms with E-state index in [9.17, 15) is 13.2 Å². The third-order valence-corrected chi connectivity index (χ3v) is 7.90. The van der Waals surface area contributed by atoms with Crippen molar-refractivity contribution in [2.45, 2.75) is 37.6 Å². The van der Waals surface area contributed by atoms with E-state index in [2.05, 4.69) is 24.1 Å². The molecule has 3 rings (SSSR count). The molecular formula is C21H28N4O3S2. The van der Waals surface area contributed by atoms with Crippen LogP contribution in [0.1, 0.15) is 37.0 Å². The summed E-state index contributed by atoms with van der Waals surface area (Å²) in [6.07, 6.45) is 0.788. The minimum atomic E-state index is -3.52. The van der Waals surface area contributed by atoms with Crippen LogP contribution in [0.2, 0.25) is 0 Å². The van der Waals surface area contributed by atoms with Crippen molar-refractivity contribution < 1.29 is 13.2 Å². The molecule has 1 amide bonds. The fourth-order valence-electron chi connectivity index (χ4n) is 3.33. The number of hydrogen-bond acceptors (Lipinski definition) is 5. The fourth-order valence-corrected chi connectivity index (χ4v) is 5.20. The van der Waals surface area contributed by atoms with Crippen LogP contribution in [0.5, 0.6) is 0 Å². The Labute approximate surface area is 181 Å². The third-order valence-electron chi connectivity index (χ3n) is 5.13. The molecule has 1 unspecified atom stereocenters. The quantitative estimate of drug-likeness (QED) is 0.573. The normalized spacial score (nSPS) is 13.3. The lowest BCUT2D eigenvalue weighted by Gasteiger charge is -2.21. The Morgan fingerprint density at radius 3 is 2.60 bits per heavy atom. The molecule has 0 saturated carbocycles. The molecule has 0 bridgehead atoms. The summed E-state index contributed by atoms with van der Waals surface area (Å²) in [5, 5.41) is 5.15. The van der Waals surface area contributed by atoms with Crippen LogP contribution in [0, 0.1) is 5.92 Å². The van der Waals surface area contributed by atoms with E-state index in [1.165, 1.54) is 18.4 Å². The van der Waals surface area contributed by atoms with E-state index < -0.39 is 10.0 Å². The van der Waals surface area contributed by atoms with Crippen molar-refractivity contribution in [2.24, 2.45) is 13.0 Å². The van der Waals surface area contributed by atoms with E-state index in [0.717, 1.165) is 16.2 Å². The van der Waals surface area contributed by atoms with E-state index in [1.807, 2.05) is 29.1 Å². The highest BCUT2D eigenvalue weighted by Gasteiger charge is 2.21. The van der Waals surface area contributed by atoms with Gasteiger partial charge in [-0.25, -0.2) is 17.7 Å². The van der Waals surface area contributed by atoms with Crippen LogP contribution < -0.4 is 5.32 Å². The first-order chi connectivity index (χ1) is 14.1. The van der Waals surface area contributed by atoms with Crippen LogP contribution in [-0.2, 0) is 28.3 Å². The molecule has 2 heterocycles. The number of thiophene rings is 1. The third kappa shape index (κ3) is 4.58. The molecule has 0 aliphatic carbocycles. The largest absolute Gasteiger partial charge is 0.348 e. The predicted molar refractivity (Wildman–Crippen MR) is 120 cm³/mol. The predicted octanol–water partition coefficient (Wildman–Crippen LogP) is 3.33. The van der Waals surface area contributed by atoms with E-state index in [0.29, 0.717) is 24.3 Å². The summed E-state index contributed by atoms with van der Waals surface area (Å²) in [6.45, 7) is 4.19. The van der Waals surface area contributed by atoms with Gasteiger partial charge in [-0.2, -0.15) is 0 Å². The number of hydrogen-bond donors (Lipinski definition) is 1. The molecule has 0 saturated heterocycles. The monoisotopic (exact) mass is 448 g/mol. The topological polar surface area (TPSA) is 84.3 Å². The molecule has 30 heavy (non-hydrogen) atoms. The number of imidazole rings is 1. The number of nitrogens with one attached hydrogen (secondary N) is 1. The zero-order valence-electron chi connectivity index (χ0n) is 17.9. The molecule has 0 aliphatic heterocycles. The van der Waals surface area contributed by atoms with Crippen molar-refractivity contribution in [2.75, 3.05) is 14.1 Å². The Hall–Kier alpha value is -2.23. The van der Waals surface area contributed by atoms with Crippen molar-refractivity contribution in [3.63, 3.8) is 0 Å². The van der Waals surface area contributed by atoms with Gasteiger partial charge < -0.3 is 9.88 Å². The van der Waals surface area contributed by atoms with E-state index >= 15 is 0 Å². The second kappa shape index (κ2) is 8.87. The van der Waals surface area contributed by atoms with Gasteiger partial charge in [-0.15, -0.1) is 11.3 Å². The Balaban J connectivity index is 1.74. The van der Waals surface area contributed by atoms with E-state index in [4.69, 9.17) is 0 Å². The summed E-state index contributed by atoms with van der Waals surface area (Å²) >= 11 is 1.64. The zero-order chi connectivity index (χ0) is 22.1. The fraction of sp³-hybridized carbons (Fsp3) is 0.429. The zero-order valence-corrected chi connectivity index (χ0v) is 19.5. The van der Waals surface area contributed by atoms with Gasteiger partial charge in [0.15, 0.2) is 0 Å². The SMILES string of the molecule is CC(C)C(NC(=O)CCc1nc2cc(S(=O)(=O)N(C)C)ccc2n1C)c1cccs1. The van der Waals surface area contributed by atoms with Crippen LogP contribution in [0.15, 0.2) is 40.6 Å². The number of benzene rings is 1. The number of amides is 1. The molecule has 0 radical (unpaired) electrons. The summed E-state index contributed by atoms with van der Waals surface area (Å²) in [7, 11) is 1.37. The maximum Gasteiger partial charge on any atom is 0.242 e. The highest BCUT2D eigenvalue weighted by Crippen LogP contribution is 2.26. The lowest BCUT2D eigenvalue weighted by Crippen LogP contribution is -2.31. The number of aromatic nitrogens is 2. The lowest BCUT2D eigenvalue weighted by molar-refractivity contribution is -0.122. The van der Waals surface area contributed by atoms with Gasteiger partial charge >= 0.3 is 0 Å². The molecule has 9 heteroatoms. The van der Waals surface area contributed by atoms with Gasteiger partial charge in [-0.3, -0.25) is 4.79 Å². The summed E-state index contributed by atoms with van der Waals surface area (Å²) in [5.41, 5.74) is 1.44. The van der Waals surface area contributed by atoms with Gasteiger partial charge in [0.1, 0.15) is 5.82 Å². The highest BCUT2D eigenvalue weighted by molar-refractivity contribution is 7.89. The highest BCUT2D eigenvalue weighted by atomic mass is 32.2. The van der Waals surface area contributed by atoms with Crippen molar-refractivity contribution in [3.05, 3.63) is 46.4 Å². The van der Waals surface area contributed by atoms with Gasteiger partial charge in [0.2, 0.25) is 15.9 Å². The molecule has 0 fully saturated rings. The molecule has 1 N–H and O–H groups in total. The Morgan fingerprint density at radius 1 is 1.27 bits per heavy atom. The van der Waals surface area contributed by atoms with Crippen molar-refractivity contribution in [1.82, 2.24) is 19.2 Å². The summed E-state index contributed by atoms with van der Waals surface area (Å²) in [6, 6.07) is 8.96. The first-order valence-electron chi connectivity index (χ1n) is 9.82. The Morgan fingerprint density at radius 2 is 2.00 bits per heavy atom. The first-order valence-corrected chi connectivity index (χ1v) is 12.1. The summed E-state index contributed by atoms with van der Waals surface area (Å²) < 4.78 is 27.8. The molecule has 162 valence electrons. The number of fused-ring (bicyclic) bond motifs is 1. The molecule has 2 aromatic heterocycles. The average Bonchev–Trinajstić information content (AvgIpc) is 3.32. The van der Waals surface area contributed by atoms with Crippen LogP contribution >= 0.6 is 11.3 Å². The smallest absolute Gasteiger partial charge is 0.242 e. The van der Waals surface area contributed by atoms with Gasteiger partial charge in [-0.1, -0.05) is 19.9 Å². The maximum absolute atomic E-state index is 12.6. The number of carbonyl (C=O) groups excluding carboxylic acids is 1. The molecule has 3 aromatic rings. The van der Waals surface area contributed by atoms with Crippen molar-refractivity contribution in [1.29, 1.82) is 0 Å². The number of sulfonamides is 1. The Bertz CT molecular complexity index is 1130. The minimum Gasteiger partial charge on any atom is -0.348 e. The van der Waals surface area contributed by atoms with Gasteiger partial charge in [0.05, 0.1) is 22.0 Å². The van der Waals surface area contributed by atoms with Crippen molar-refractivity contribution >= 4 is 38.3 Å². The maximum atomic E-state index is 12.6. The number of nitrogens with zero attached hydrogens (tertiary/aromatic N) is 3. The van der Waals surface area contributed by atoms with Gasteiger partial charge in [0.25, 0.3) is 0 Å². The van der Waals surface area contributed by atoms with Crippen LogP contribution in [0.3, 0.4) is 0 Å². The standard InChI is InChI=1S/C21H28N4O3S2/c1-14(2)21(18-7-6-12-29-18)23-20(26)11-10-19-22-16-13-15(30(27,28)24(3)4)8-9-17(16)25(19)5/h6-9,12-14,21H,10-11H2,1-5H3,(H,23,26). The molecule has 1 atom stereocenters. The average molecular weight is 449 g/mol. The number of aryl methyl sites for hydroxylation is 2. The number of rotatable bonds is 8. The minimum absolute atomic E-state index is 0.00302. The van der Waals surface area contributed by atoms with Crippen LogP contribution in [-0.4, -0.2) is 42.3 Å². The molecule has 0 spiro atoms. The molecule has 0 aliphatic rings. The summed E-state index contributed by atoms with van der Waals surface area (Å²) in [5.74, 6) is 1.02. The lowest BCUT2D eigenvalue weighted by atomic mass is 10.0. The second-order valence-corrected chi connectivity index (χ2v) is 11.0. The summed E-state index contributed by atoms with van der Waals surface area (Å²) in [4.78, 5) is 18.5. The van der Waals surface area contributed by atoms with Crippen molar-refractivity contribution in [3.8, 4) is 0 Å². The van der Waals surface area contributed by atoms with E-state index in [1.54, 1.807) is 29.5 Å².